The molecular formula is C12H8BrClFN3O. The van der Waals surface area contributed by atoms with Crippen LogP contribution in [0, 0.1) is 11.2 Å². The summed E-state index contributed by atoms with van der Waals surface area (Å²) in [5.41, 5.74) is 5.68. The normalized spacial score (nSPS) is 10.3. The first-order chi connectivity index (χ1) is 8.99. The molecule has 2 aromatic rings. The number of nitrogen functional groups attached to an aromatic ring is 1. The smallest absolute Gasteiger partial charge is 0.238 e. The van der Waals surface area contributed by atoms with E-state index in [1.165, 1.54) is 24.4 Å². The van der Waals surface area contributed by atoms with E-state index in [0.29, 0.717) is 10.0 Å². The van der Waals surface area contributed by atoms with Gasteiger partial charge in [-0.05, 0) is 34.1 Å². The van der Waals surface area contributed by atoms with Crippen molar-refractivity contribution in [3.63, 3.8) is 0 Å². The molecule has 0 unspecified atom stereocenters. The summed E-state index contributed by atoms with van der Waals surface area (Å²) in [7, 11) is 0. The number of halogens is 3. The van der Waals surface area contributed by atoms with Crippen LogP contribution in [0.5, 0.6) is 11.6 Å². The molecule has 4 nitrogen and oxygen atoms in total. The SMILES string of the molecule is N=C(N)c1ccnc(Oc2ccc(Br)c(F)c2)c1Cl. The standard InChI is InChI=1S/C12H8BrClFN3O/c13-8-2-1-6(5-9(8)15)19-12-10(14)7(11(16)17)3-4-18-12/h1-5H,(H3,16,17). The van der Waals surface area contributed by atoms with Crippen LogP contribution in [0.25, 0.3) is 0 Å². The van der Waals surface area contributed by atoms with Crippen molar-refractivity contribution in [2.75, 3.05) is 0 Å². The maximum Gasteiger partial charge on any atom is 0.238 e. The number of amidine groups is 1. The number of nitrogens with zero attached hydrogens (tertiary/aromatic N) is 1. The predicted molar refractivity (Wildman–Crippen MR) is 74.4 cm³/mol. The molecule has 0 spiro atoms. The Morgan fingerprint density at radius 1 is 1.42 bits per heavy atom. The van der Waals surface area contributed by atoms with Crippen LogP contribution in [-0.4, -0.2) is 10.8 Å². The van der Waals surface area contributed by atoms with Crippen molar-refractivity contribution in [1.29, 1.82) is 5.41 Å². The lowest BCUT2D eigenvalue weighted by atomic mass is 10.2. The fourth-order valence-corrected chi connectivity index (χ4v) is 1.85. The number of aromatic nitrogens is 1. The minimum Gasteiger partial charge on any atom is -0.437 e. The van der Waals surface area contributed by atoms with Crippen LogP contribution in [-0.2, 0) is 0 Å². The molecule has 0 aliphatic heterocycles. The number of hydrogen-bond donors (Lipinski definition) is 2. The summed E-state index contributed by atoms with van der Waals surface area (Å²) in [5, 5.41) is 7.47. The van der Waals surface area contributed by atoms with Gasteiger partial charge in [0.2, 0.25) is 5.88 Å². The van der Waals surface area contributed by atoms with Crippen LogP contribution in [0.15, 0.2) is 34.9 Å². The van der Waals surface area contributed by atoms with Gasteiger partial charge in [-0.25, -0.2) is 9.37 Å². The van der Waals surface area contributed by atoms with E-state index in [1.807, 2.05) is 0 Å². The van der Waals surface area contributed by atoms with Crippen molar-refractivity contribution in [3.05, 3.63) is 51.3 Å². The second-order valence-electron chi connectivity index (χ2n) is 3.57. The lowest BCUT2D eigenvalue weighted by Crippen LogP contribution is -2.12. The molecule has 0 radical (unpaired) electrons. The van der Waals surface area contributed by atoms with Crippen LogP contribution in [0.1, 0.15) is 5.56 Å². The van der Waals surface area contributed by atoms with Gasteiger partial charge in [-0.1, -0.05) is 11.6 Å². The third-order valence-corrected chi connectivity index (χ3v) is 3.26. The van der Waals surface area contributed by atoms with E-state index in [-0.39, 0.29) is 22.5 Å². The second kappa shape index (κ2) is 5.54. The third-order valence-electron chi connectivity index (χ3n) is 2.25. The number of benzene rings is 1. The van der Waals surface area contributed by atoms with Crippen LogP contribution in [0.4, 0.5) is 4.39 Å². The minimum atomic E-state index is -0.462. The highest BCUT2D eigenvalue weighted by Gasteiger charge is 2.12. The maximum absolute atomic E-state index is 13.4. The highest BCUT2D eigenvalue weighted by Crippen LogP contribution is 2.31. The number of hydrogen-bond acceptors (Lipinski definition) is 3. The predicted octanol–water partition coefficient (Wildman–Crippen LogP) is 3.71. The topological polar surface area (TPSA) is 72.0 Å². The molecule has 7 heteroatoms. The van der Waals surface area contributed by atoms with Gasteiger partial charge in [0.25, 0.3) is 0 Å². The Kier molecular flexibility index (Phi) is 4.01. The fraction of sp³-hybridized carbons (Fsp3) is 0. The molecule has 2 rings (SSSR count). The van der Waals surface area contributed by atoms with Gasteiger partial charge >= 0.3 is 0 Å². The molecule has 1 heterocycles. The Morgan fingerprint density at radius 3 is 2.79 bits per heavy atom. The van der Waals surface area contributed by atoms with E-state index in [0.717, 1.165) is 0 Å². The highest BCUT2D eigenvalue weighted by molar-refractivity contribution is 9.10. The number of pyridine rings is 1. The minimum absolute atomic E-state index is 0.0658. The quantitative estimate of drug-likeness (QED) is 0.658. The van der Waals surface area contributed by atoms with Gasteiger partial charge in [0, 0.05) is 17.8 Å². The monoisotopic (exact) mass is 343 g/mol. The van der Waals surface area contributed by atoms with E-state index in [1.54, 1.807) is 6.07 Å². The third kappa shape index (κ3) is 3.02. The number of ether oxygens (including phenoxy) is 1. The van der Waals surface area contributed by atoms with E-state index >= 15 is 0 Å². The van der Waals surface area contributed by atoms with Gasteiger partial charge in [0.05, 0.1) is 4.47 Å². The molecule has 19 heavy (non-hydrogen) atoms. The maximum atomic E-state index is 13.4. The summed E-state index contributed by atoms with van der Waals surface area (Å²) in [4.78, 5) is 3.93. The van der Waals surface area contributed by atoms with E-state index < -0.39 is 5.82 Å². The van der Waals surface area contributed by atoms with E-state index in [2.05, 4.69) is 20.9 Å². The summed E-state index contributed by atoms with van der Waals surface area (Å²) in [6.07, 6.45) is 1.41. The summed E-state index contributed by atoms with van der Waals surface area (Å²) in [5.74, 6) is -0.345. The summed E-state index contributed by atoms with van der Waals surface area (Å²) < 4.78 is 19.1. The van der Waals surface area contributed by atoms with Crippen LogP contribution in [0.2, 0.25) is 5.02 Å². The van der Waals surface area contributed by atoms with Crippen molar-refractivity contribution >= 4 is 33.4 Å². The summed E-state index contributed by atoms with van der Waals surface area (Å²) in [6, 6.07) is 5.77. The van der Waals surface area contributed by atoms with Crippen molar-refractivity contribution in [3.8, 4) is 11.6 Å². The Hall–Kier alpha value is -1.66. The van der Waals surface area contributed by atoms with E-state index in [4.69, 9.17) is 27.5 Å². The van der Waals surface area contributed by atoms with Crippen molar-refractivity contribution in [2.24, 2.45) is 5.73 Å². The van der Waals surface area contributed by atoms with Crippen molar-refractivity contribution < 1.29 is 9.13 Å². The molecule has 0 saturated carbocycles. The van der Waals surface area contributed by atoms with Gasteiger partial charge in [0.1, 0.15) is 22.4 Å². The zero-order valence-electron chi connectivity index (χ0n) is 9.45. The average molecular weight is 345 g/mol. The van der Waals surface area contributed by atoms with Crippen molar-refractivity contribution in [1.82, 2.24) is 4.98 Å². The van der Waals surface area contributed by atoms with Crippen LogP contribution >= 0.6 is 27.5 Å². The van der Waals surface area contributed by atoms with Gasteiger partial charge < -0.3 is 10.5 Å². The Labute approximate surface area is 122 Å². The zero-order chi connectivity index (χ0) is 14.0. The van der Waals surface area contributed by atoms with Gasteiger partial charge in [-0.2, -0.15) is 0 Å². The molecule has 3 N–H and O–H groups in total. The van der Waals surface area contributed by atoms with Crippen LogP contribution < -0.4 is 10.5 Å². The molecular weight excluding hydrogens is 337 g/mol. The molecule has 0 aliphatic rings. The number of rotatable bonds is 3. The summed E-state index contributed by atoms with van der Waals surface area (Å²) in [6.45, 7) is 0. The molecule has 0 atom stereocenters. The average Bonchev–Trinajstić information content (AvgIpc) is 2.36. The van der Waals surface area contributed by atoms with Gasteiger partial charge in [0.15, 0.2) is 0 Å². The Bertz CT molecular complexity index is 651. The molecule has 0 fully saturated rings. The molecule has 98 valence electrons. The van der Waals surface area contributed by atoms with Crippen LogP contribution in [0.3, 0.4) is 0 Å². The highest BCUT2D eigenvalue weighted by atomic mass is 79.9. The Balaban J connectivity index is 2.35. The van der Waals surface area contributed by atoms with Gasteiger partial charge in [-0.3, -0.25) is 5.41 Å². The molecule has 0 amide bonds. The lowest BCUT2D eigenvalue weighted by Gasteiger charge is -2.09. The second-order valence-corrected chi connectivity index (χ2v) is 4.80. The molecule has 0 saturated heterocycles. The van der Waals surface area contributed by atoms with E-state index in [9.17, 15) is 4.39 Å². The first-order valence-corrected chi connectivity index (χ1v) is 6.28. The molecule has 1 aromatic carbocycles. The number of nitrogens with two attached hydrogens (primary N) is 1. The molecule has 0 aliphatic carbocycles. The zero-order valence-corrected chi connectivity index (χ0v) is 11.8. The first kappa shape index (κ1) is 13.8. The summed E-state index contributed by atoms with van der Waals surface area (Å²) >= 11 is 9.06. The molecule has 1 aromatic heterocycles. The molecule has 0 bridgehead atoms. The number of nitrogens with one attached hydrogen (secondary N) is 1. The first-order valence-electron chi connectivity index (χ1n) is 5.11. The Morgan fingerprint density at radius 2 is 2.16 bits per heavy atom. The lowest BCUT2D eigenvalue weighted by molar-refractivity contribution is 0.458. The van der Waals surface area contributed by atoms with Crippen molar-refractivity contribution in [2.45, 2.75) is 0 Å². The largest absolute Gasteiger partial charge is 0.437 e. The fourth-order valence-electron chi connectivity index (χ4n) is 1.36. The van der Waals surface area contributed by atoms with Gasteiger partial charge in [-0.15, -0.1) is 0 Å².